The fraction of sp³-hybridized carbons (Fsp3) is 0.0526. The molecule has 0 aliphatic heterocycles. The first-order valence-electron chi connectivity index (χ1n) is 7.49. The van der Waals surface area contributed by atoms with E-state index in [4.69, 9.17) is 9.26 Å². The zero-order valence-corrected chi connectivity index (χ0v) is 13.1. The van der Waals surface area contributed by atoms with E-state index < -0.39 is 17.3 Å². The van der Waals surface area contributed by atoms with Gasteiger partial charge in [-0.1, -0.05) is 47.6 Å². The molecule has 0 unspecified atom stereocenters. The molecule has 1 aromatic heterocycles. The Morgan fingerprint density at radius 3 is 2.44 bits per heavy atom. The van der Waals surface area contributed by atoms with Crippen molar-refractivity contribution in [2.24, 2.45) is 0 Å². The number of methoxy groups -OCH3 is 1. The smallest absolute Gasteiger partial charge is 0.236 e. The predicted molar refractivity (Wildman–Crippen MR) is 86.2 cm³/mol. The van der Waals surface area contributed by atoms with E-state index in [2.05, 4.69) is 5.16 Å². The molecule has 1 aliphatic rings. The molecule has 6 heteroatoms. The van der Waals surface area contributed by atoms with Crippen LogP contribution in [0.25, 0.3) is 0 Å². The first kappa shape index (κ1) is 15.0. The summed E-state index contributed by atoms with van der Waals surface area (Å²) in [5.74, 6) is -1.45. The molecule has 1 heterocycles. The van der Waals surface area contributed by atoms with Gasteiger partial charge in [-0.25, -0.2) is 0 Å². The van der Waals surface area contributed by atoms with Crippen molar-refractivity contribution in [3.8, 4) is 5.75 Å². The Morgan fingerprint density at radius 1 is 0.960 bits per heavy atom. The summed E-state index contributed by atoms with van der Waals surface area (Å²) in [5, 5.41) is 3.71. The van der Waals surface area contributed by atoms with Gasteiger partial charge in [0.25, 0.3) is 0 Å². The molecule has 2 aromatic carbocycles. The highest BCUT2D eigenvalue weighted by Gasteiger charge is 2.40. The number of carbonyl (C=O) groups is 3. The van der Waals surface area contributed by atoms with Crippen LogP contribution in [0.5, 0.6) is 5.75 Å². The lowest BCUT2D eigenvalue weighted by molar-refractivity contribution is 0.0951. The van der Waals surface area contributed by atoms with Crippen molar-refractivity contribution in [3.63, 3.8) is 0 Å². The Bertz CT molecular complexity index is 1030. The molecule has 6 nitrogen and oxygen atoms in total. The topological polar surface area (TPSA) is 86.5 Å². The first-order chi connectivity index (χ1) is 12.1. The molecule has 122 valence electrons. The van der Waals surface area contributed by atoms with Gasteiger partial charge in [-0.15, -0.1) is 0 Å². The molecule has 0 N–H and O–H groups in total. The molecule has 1 aliphatic carbocycles. The van der Waals surface area contributed by atoms with Gasteiger partial charge < -0.3 is 9.26 Å². The molecule has 0 spiro atoms. The van der Waals surface area contributed by atoms with Crippen LogP contribution in [0.4, 0.5) is 0 Å². The monoisotopic (exact) mass is 333 g/mol. The van der Waals surface area contributed by atoms with E-state index in [1.165, 1.54) is 13.2 Å². The minimum Gasteiger partial charge on any atom is -0.496 e. The van der Waals surface area contributed by atoms with Crippen LogP contribution >= 0.6 is 0 Å². The van der Waals surface area contributed by atoms with Crippen LogP contribution in [0.15, 0.2) is 53.1 Å². The molecule has 25 heavy (non-hydrogen) atoms. The number of carbonyl (C=O) groups excluding carboxylic acids is 3. The molecule has 0 fully saturated rings. The fourth-order valence-corrected chi connectivity index (χ4v) is 2.91. The third-order valence-corrected chi connectivity index (χ3v) is 4.09. The highest BCUT2D eigenvalue weighted by Crippen LogP contribution is 2.35. The molecular formula is C19H11NO5. The van der Waals surface area contributed by atoms with Crippen LogP contribution in [0.3, 0.4) is 0 Å². The quantitative estimate of drug-likeness (QED) is 0.536. The summed E-state index contributed by atoms with van der Waals surface area (Å²) in [6.45, 7) is 0. The number of rotatable bonds is 3. The van der Waals surface area contributed by atoms with Crippen LogP contribution in [0.1, 0.15) is 48.1 Å². The van der Waals surface area contributed by atoms with Gasteiger partial charge in [0.15, 0.2) is 11.5 Å². The van der Waals surface area contributed by atoms with Crippen molar-refractivity contribution >= 4 is 17.3 Å². The molecule has 0 amide bonds. The van der Waals surface area contributed by atoms with Gasteiger partial charge in [0.1, 0.15) is 11.3 Å². The molecule has 0 radical (unpaired) electrons. The molecule has 0 saturated carbocycles. The number of hydrogen-bond donors (Lipinski definition) is 0. The van der Waals surface area contributed by atoms with Gasteiger partial charge in [0.05, 0.1) is 12.7 Å². The second-order valence-corrected chi connectivity index (χ2v) is 5.47. The Hall–Kier alpha value is -3.54. The summed E-state index contributed by atoms with van der Waals surface area (Å²) in [6, 6.07) is 13.1. The lowest BCUT2D eigenvalue weighted by atomic mass is 9.85. The zero-order chi connectivity index (χ0) is 17.6. The second kappa shape index (κ2) is 5.52. The Balaban J connectivity index is 1.89. The lowest BCUT2D eigenvalue weighted by Gasteiger charge is -2.15. The van der Waals surface area contributed by atoms with Gasteiger partial charge in [-0.05, 0) is 6.07 Å². The second-order valence-electron chi connectivity index (χ2n) is 5.47. The summed E-state index contributed by atoms with van der Waals surface area (Å²) in [7, 11) is 1.41. The van der Waals surface area contributed by atoms with Crippen LogP contribution in [-0.2, 0) is 0 Å². The number of nitrogens with zero attached hydrogens (tertiary/aromatic N) is 1. The third-order valence-electron chi connectivity index (χ3n) is 4.09. The molecule has 0 saturated heterocycles. The third kappa shape index (κ3) is 2.11. The van der Waals surface area contributed by atoms with Crippen molar-refractivity contribution in [2.45, 2.75) is 0 Å². The first-order valence-corrected chi connectivity index (χ1v) is 7.49. The SMILES string of the molecule is COc1cccc2c1C(=O)c1onc(C(=O)c3ccccc3)c1C2=O. The number of hydrogen-bond acceptors (Lipinski definition) is 6. The van der Waals surface area contributed by atoms with Gasteiger partial charge in [-0.3, -0.25) is 14.4 Å². The average molecular weight is 333 g/mol. The van der Waals surface area contributed by atoms with Crippen LogP contribution in [-0.4, -0.2) is 29.6 Å². The van der Waals surface area contributed by atoms with Crippen molar-refractivity contribution in [1.29, 1.82) is 0 Å². The summed E-state index contributed by atoms with van der Waals surface area (Å²) >= 11 is 0. The highest BCUT2D eigenvalue weighted by molar-refractivity contribution is 6.31. The van der Waals surface area contributed by atoms with E-state index in [1.807, 2.05) is 0 Å². The van der Waals surface area contributed by atoms with Crippen molar-refractivity contribution in [2.75, 3.05) is 7.11 Å². The Morgan fingerprint density at radius 2 is 1.72 bits per heavy atom. The molecule has 4 rings (SSSR count). The summed E-state index contributed by atoms with van der Waals surface area (Å²) in [4.78, 5) is 38.3. The van der Waals surface area contributed by atoms with Gasteiger partial charge in [0, 0.05) is 11.1 Å². The average Bonchev–Trinajstić information content (AvgIpc) is 3.11. The lowest BCUT2D eigenvalue weighted by Crippen LogP contribution is -2.22. The standard InChI is InChI=1S/C19H11NO5/c1-24-12-9-5-8-11-13(12)18(23)19-14(17(11)22)15(20-25-19)16(21)10-6-3-2-4-7-10/h2-9H,1H3. The van der Waals surface area contributed by atoms with Crippen molar-refractivity contribution in [3.05, 3.63) is 82.2 Å². The van der Waals surface area contributed by atoms with E-state index in [0.29, 0.717) is 5.56 Å². The van der Waals surface area contributed by atoms with Gasteiger partial charge >= 0.3 is 0 Å². The van der Waals surface area contributed by atoms with E-state index in [0.717, 1.165) is 0 Å². The highest BCUT2D eigenvalue weighted by atomic mass is 16.5. The predicted octanol–water partition coefficient (Wildman–Crippen LogP) is 2.69. The maximum Gasteiger partial charge on any atom is 0.236 e. The maximum atomic E-state index is 12.9. The molecule has 0 atom stereocenters. The number of ketones is 3. The molecular weight excluding hydrogens is 322 g/mol. The minimum absolute atomic E-state index is 0.0976. The largest absolute Gasteiger partial charge is 0.496 e. The summed E-state index contributed by atoms with van der Waals surface area (Å²) < 4.78 is 10.2. The van der Waals surface area contributed by atoms with Crippen LogP contribution in [0, 0.1) is 0 Å². The summed E-state index contributed by atoms with van der Waals surface area (Å²) in [6.07, 6.45) is 0. The number of benzene rings is 2. The van der Waals surface area contributed by atoms with Crippen molar-refractivity contribution in [1.82, 2.24) is 5.16 Å². The van der Waals surface area contributed by atoms with E-state index >= 15 is 0 Å². The maximum absolute atomic E-state index is 12.9. The van der Waals surface area contributed by atoms with Gasteiger partial charge in [0.2, 0.25) is 17.3 Å². The molecule has 3 aromatic rings. The Labute approximate surface area is 142 Å². The fourth-order valence-electron chi connectivity index (χ4n) is 2.91. The van der Waals surface area contributed by atoms with Crippen LogP contribution in [0.2, 0.25) is 0 Å². The van der Waals surface area contributed by atoms with E-state index in [1.54, 1.807) is 42.5 Å². The van der Waals surface area contributed by atoms with Crippen LogP contribution < -0.4 is 4.74 Å². The molecule has 0 bridgehead atoms. The number of fused-ring (bicyclic) bond motifs is 2. The Kier molecular flexibility index (Phi) is 3.32. The summed E-state index contributed by atoms with van der Waals surface area (Å²) in [5.41, 5.74) is 0.391. The number of ether oxygens (including phenoxy) is 1. The minimum atomic E-state index is -0.526. The normalized spacial score (nSPS) is 12.5. The van der Waals surface area contributed by atoms with Gasteiger partial charge in [-0.2, -0.15) is 0 Å². The van der Waals surface area contributed by atoms with Crippen molar-refractivity contribution < 1.29 is 23.6 Å². The van der Waals surface area contributed by atoms with E-state index in [-0.39, 0.29) is 33.9 Å². The van der Waals surface area contributed by atoms with E-state index in [9.17, 15) is 14.4 Å². The zero-order valence-electron chi connectivity index (χ0n) is 13.1. The number of aromatic nitrogens is 1.